The van der Waals surface area contributed by atoms with Crippen LogP contribution >= 0.6 is 0 Å². The summed E-state index contributed by atoms with van der Waals surface area (Å²) >= 11 is 0. The smallest absolute Gasteiger partial charge is 0.303 e. The number of rotatable bonds is 7. The van der Waals surface area contributed by atoms with Gasteiger partial charge in [-0.05, 0) is 44.2 Å². The lowest BCUT2D eigenvalue weighted by Gasteiger charge is -2.18. The number of carboxylic acids is 1. The second-order valence-corrected chi connectivity index (χ2v) is 5.33. The average molecular weight is 276 g/mol. The van der Waals surface area contributed by atoms with Gasteiger partial charge in [0.25, 0.3) is 0 Å². The SMILES string of the molecule is Cc1cccc(C(NC(=O)CCCC(=O)O)C2CC2)n1. The fourth-order valence-corrected chi connectivity index (χ4v) is 2.25. The number of nitrogens with one attached hydrogen (secondary N) is 1. The molecule has 2 N–H and O–H groups in total. The first kappa shape index (κ1) is 14.5. The molecule has 20 heavy (non-hydrogen) atoms. The second kappa shape index (κ2) is 6.50. The molecule has 2 rings (SSSR count). The standard InChI is InChI=1S/C15H20N2O3/c1-10-4-2-5-12(16-10)15(11-8-9-11)17-13(18)6-3-7-14(19)20/h2,4-5,11,15H,3,6-9H2,1H3,(H,17,18)(H,19,20). The average Bonchev–Trinajstić information content (AvgIpc) is 3.19. The van der Waals surface area contributed by atoms with Gasteiger partial charge >= 0.3 is 5.97 Å². The van der Waals surface area contributed by atoms with Gasteiger partial charge < -0.3 is 10.4 Å². The number of carbonyl (C=O) groups is 2. The molecule has 0 bridgehead atoms. The van der Waals surface area contributed by atoms with Gasteiger partial charge in [-0.3, -0.25) is 14.6 Å². The number of aromatic nitrogens is 1. The molecule has 0 aromatic carbocycles. The van der Waals surface area contributed by atoms with Gasteiger partial charge in [0.05, 0.1) is 11.7 Å². The number of pyridine rings is 1. The van der Waals surface area contributed by atoms with Gasteiger partial charge in [-0.2, -0.15) is 0 Å². The lowest BCUT2D eigenvalue weighted by Crippen LogP contribution is -2.30. The van der Waals surface area contributed by atoms with Gasteiger partial charge in [0.2, 0.25) is 5.91 Å². The van der Waals surface area contributed by atoms with Crippen molar-refractivity contribution in [3.63, 3.8) is 0 Å². The van der Waals surface area contributed by atoms with Crippen LogP contribution in [0, 0.1) is 12.8 Å². The Labute approximate surface area is 118 Å². The third-order valence-corrected chi connectivity index (χ3v) is 3.43. The van der Waals surface area contributed by atoms with E-state index in [2.05, 4.69) is 10.3 Å². The zero-order valence-electron chi connectivity index (χ0n) is 11.6. The molecule has 5 heteroatoms. The Bertz CT molecular complexity index is 498. The van der Waals surface area contributed by atoms with E-state index in [1.165, 1.54) is 0 Å². The largest absolute Gasteiger partial charge is 0.481 e. The zero-order valence-corrected chi connectivity index (χ0v) is 11.6. The molecule has 0 aliphatic heterocycles. The van der Waals surface area contributed by atoms with E-state index in [1.54, 1.807) is 0 Å². The normalized spacial score (nSPS) is 15.7. The molecule has 1 saturated carbocycles. The molecule has 0 saturated heterocycles. The van der Waals surface area contributed by atoms with E-state index in [4.69, 9.17) is 5.11 Å². The van der Waals surface area contributed by atoms with Crippen LogP contribution in [0.1, 0.15) is 49.5 Å². The second-order valence-electron chi connectivity index (χ2n) is 5.33. The van der Waals surface area contributed by atoms with Crippen molar-refractivity contribution in [2.75, 3.05) is 0 Å². The van der Waals surface area contributed by atoms with E-state index in [0.717, 1.165) is 24.2 Å². The predicted molar refractivity (Wildman–Crippen MR) is 74.1 cm³/mol. The topological polar surface area (TPSA) is 79.3 Å². The zero-order chi connectivity index (χ0) is 14.5. The van der Waals surface area contributed by atoms with Crippen LogP contribution in [0.25, 0.3) is 0 Å². The van der Waals surface area contributed by atoms with Crippen LogP contribution in [0.5, 0.6) is 0 Å². The van der Waals surface area contributed by atoms with Gasteiger partial charge in [-0.25, -0.2) is 0 Å². The Morgan fingerprint density at radius 3 is 2.75 bits per heavy atom. The molecule has 1 aromatic rings. The molecule has 1 aliphatic rings. The van der Waals surface area contributed by atoms with Crippen molar-refractivity contribution in [2.24, 2.45) is 5.92 Å². The van der Waals surface area contributed by atoms with Crippen LogP contribution in [-0.2, 0) is 9.59 Å². The Morgan fingerprint density at radius 1 is 1.40 bits per heavy atom. The highest BCUT2D eigenvalue weighted by Crippen LogP contribution is 2.40. The van der Waals surface area contributed by atoms with Crippen LogP contribution in [-0.4, -0.2) is 22.0 Å². The Hall–Kier alpha value is -1.91. The fraction of sp³-hybridized carbons (Fsp3) is 0.533. The molecule has 1 unspecified atom stereocenters. The number of amides is 1. The van der Waals surface area contributed by atoms with Gasteiger partial charge in [0.1, 0.15) is 0 Å². The molecule has 1 atom stereocenters. The summed E-state index contributed by atoms with van der Waals surface area (Å²) in [5, 5.41) is 11.6. The third-order valence-electron chi connectivity index (χ3n) is 3.43. The first-order valence-corrected chi connectivity index (χ1v) is 7.01. The number of carboxylic acid groups (broad SMARTS) is 1. The number of aryl methyl sites for hydroxylation is 1. The number of aliphatic carboxylic acids is 1. The van der Waals surface area contributed by atoms with Crippen molar-refractivity contribution in [1.29, 1.82) is 0 Å². The lowest BCUT2D eigenvalue weighted by molar-refractivity contribution is -0.137. The summed E-state index contributed by atoms with van der Waals surface area (Å²) in [4.78, 5) is 26.8. The Morgan fingerprint density at radius 2 is 2.15 bits per heavy atom. The summed E-state index contributed by atoms with van der Waals surface area (Å²) in [7, 11) is 0. The predicted octanol–water partition coefficient (Wildman–Crippen LogP) is 2.21. The number of hydrogen-bond acceptors (Lipinski definition) is 3. The Kier molecular flexibility index (Phi) is 4.71. The number of hydrogen-bond donors (Lipinski definition) is 2. The van der Waals surface area contributed by atoms with E-state index in [0.29, 0.717) is 12.3 Å². The molecule has 108 valence electrons. The molecule has 0 radical (unpaired) electrons. The molecule has 5 nitrogen and oxygen atoms in total. The highest BCUT2D eigenvalue weighted by atomic mass is 16.4. The molecule has 1 aromatic heterocycles. The quantitative estimate of drug-likeness (QED) is 0.800. The van der Waals surface area contributed by atoms with Crippen LogP contribution in [0.3, 0.4) is 0 Å². The number of nitrogens with zero attached hydrogens (tertiary/aromatic N) is 1. The molecule has 0 spiro atoms. The molecule has 1 heterocycles. The number of carbonyl (C=O) groups excluding carboxylic acids is 1. The van der Waals surface area contributed by atoms with E-state index in [9.17, 15) is 9.59 Å². The molecule has 1 aliphatic carbocycles. The molecular weight excluding hydrogens is 256 g/mol. The van der Waals surface area contributed by atoms with E-state index >= 15 is 0 Å². The molecular formula is C15H20N2O3. The maximum Gasteiger partial charge on any atom is 0.303 e. The van der Waals surface area contributed by atoms with Crippen molar-refractivity contribution >= 4 is 11.9 Å². The maximum atomic E-state index is 11.9. The maximum absolute atomic E-state index is 11.9. The van der Waals surface area contributed by atoms with Crippen molar-refractivity contribution in [1.82, 2.24) is 10.3 Å². The summed E-state index contributed by atoms with van der Waals surface area (Å²) in [6.45, 7) is 1.93. The van der Waals surface area contributed by atoms with Gasteiger partial charge in [-0.15, -0.1) is 0 Å². The molecule has 1 amide bonds. The van der Waals surface area contributed by atoms with Gasteiger partial charge in [0, 0.05) is 18.5 Å². The van der Waals surface area contributed by atoms with E-state index < -0.39 is 5.97 Å². The van der Waals surface area contributed by atoms with Crippen molar-refractivity contribution < 1.29 is 14.7 Å². The minimum absolute atomic E-state index is 0.0320. The van der Waals surface area contributed by atoms with Crippen LogP contribution in [0.2, 0.25) is 0 Å². The van der Waals surface area contributed by atoms with E-state index in [1.807, 2.05) is 25.1 Å². The van der Waals surface area contributed by atoms with Crippen molar-refractivity contribution in [3.05, 3.63) is 29.6 Å². The van der Waals surface area contributed by atoms with Crippen LogP contribution in [0.15, 0.2) is 18.2 Å². The summed E-state index contributed by atoms with van der Waals surface area (Å²) < 4.78 is 0. The van der Waals surface area contributed by atoms with Crippen molar-refractivity contribution in [3.8, 4) is 0 Å². The summed E-state index contributed by atoms with van der Waals surface area (Å²) in [6, 6.07) is 5.78. The van der Waals surface area contributed by atoms with Gasteiger partial charge in [0.15, 0.2) is 0 Å². The van der Waals surface area contributed by atoms with E-state index in [-0.39, 0.29) is 24.8 Å². The van der Waals surface area contributed by atoms with Crippen molar-refractivity contribution in [2.45, 2.75) is 45.1 Å². The van der Waals surface area contributed by atoms with Gasteiger partial charge in [-0.1, -0.05) is 6.07 Å². The minimum atomic E-state index is -0.864. The Balaban J connectivity index is 1.93. The third kappa shape index (κ3) is 4.33. The summed E-state index contributed by atoms with van der Waals surface area (Å²) in [6.07, 6.45) is 2.87. The summed E-state index contributed by atoms with van der Waals surface area (Å²) in [5.41, 5.74) is 1.84. The first-order chi connectivity index (χ1) is 9.56. The van der Waals surface area contributed by atoms with Crippen LogP contribution < -0.4 is 5.32 Å². The monoisotopic (exact) mass is 276 g/mol. The highest BCUT2D eigenvalue weighted by molar-refractivity contribution is 5.77. The fourth-order valence-electron chi connectivity index (χ4n) is 2.25. The highest BCUT2D eigenvalue weighted by Gasteiger charge is 2.34. The minimum Gasteiger partial charge on any atom is -0.481 e. The summed E-state index contributed by atoms with van der Waals surface area (Å²) in [5.74, 6) is -0.490. The van der Waals surface area contributed by atoms with Crippen LogP contribution in [0.4, 0.5) is 0 Å². The lowest BCUT2D eigenvalue weighted by atomic mass is 10.1. The molecule has 1 fully saturated rings. The first-order valence-electron chi connectivity index (χ1n) is 7.01.